The fourth-order valence-corrected chi connectivity index (χ4v) is 7.26. The van der Waals surface area contributed by atoms with Crippen molar-refractivity contribution < 1.29 is 42.9 Å². The van der Waals surface area contributed by atoms with Crippen LogP contribution in [0.1, 0.15) is 219 Å². The second kappa shape index (κ2) is 49.2. The quantitative estimate of drug-likeness (QED) is 0.0195. The van der Waals surface area contributed by atoms with Crippen LogP contribution < -0.4 is 5.11 Å². The zero-order valence-corrected chi connectivity index (χ0v) is 43.8. The molecule has 0 saturated heterocycles. The van der Waals surface area contributed by atoms with Gasteiger partial charge in [-0.1, -0.05) is 196 Å². The molecule has 0 aliphatic heterocycles. The van der Waals surface area contributed by atoms with Crippen LogP contribution >= 0.6 is 0 Å². The Kier molecular flexibility index (Phi) is 46.8. The first-order valence-corrected chi connectivity index (χ1v) is 27.1. The van der Waals surface area contributed by atoms with Crippen molar-refractivity contribution in [1.29, 1.82) is 0 Å². The number of carbonyl (C=O) groups is 3. The minimum atomic E-state index is -1.62. The Bertz CT molecular complexity index is 1330. The van der Waals surface area contributed by atoms with Crippen molar-refractivity contribution in [2.24, 2.45) is 0 Å². The molecular weight excluding hydrogens is 839 g/mol. The molecule has 2 atom stereocenters. The molecule has 67 heavy (non-hydrogen) atoms. The normalized spacial score (nSPS) is 13.4. The van der Waals surface area contributed by atoms with Crippen molar-refractivity contribution >= 4 is 17.9 Å². The van der Waals surface area contributed by atoms with E-state index in [0.717, 1.165) is 89.9 Å². The molecule has 9 nitrogen and oxygen atoms in total. The number of quaternary nitrogens is 1. The summed E-state index contributed by atoms with van der Waals surface area (Å²) < 4.78 is 22.6. The maximum atomic E-state index is 12.8. The number of likely N-dealkylation sites (N-methyl/N-ethyl adjacent to an activating group) is 1. The van der Waals surface area contributed by atoms with Gasteiger partial charge in [0.1, 0.15) is 13.2 Å². The number of nitrogens with zero attached hydrogens (tertiary/aromatic N) is 1. The number of unbranched alkanes of at least 4 members (excludes halogenated alkanes) is 22. The fraction of sp³-hybridized carbons (Fsp3) is 0.741. The largest absolute Gasteiger partial charge is 0.545 e. The van der Waals surface area contributed by atoms with E-state index >= 15 is 0 Å². The topological polar surface area (TPSA) is 111 Å². The van der Waals surface area contributed by atoms with E-state index in [1.54, 1.807) is 0 Å². The molecule has 0 rings (SSSR count). The van der Waals surface area contributed by atoms with E-state index in [0.29, 0.717) is 17.4 Å². The number of hydrogen-bond donors (Lipinski definition) is 0. The lowest BCUT2D eigenvalue weighted by molar-refractivity contribution is -0.870. The average Bonchev–Trinajstić information content (AvgIpc) is 3.29. The van der Waals surface area contributed by atoms with Gasteiger partial charge in [0.05, 0.1) is 40.3 Å². The van der Waals surface area contributed by atoms with Crippen LogP contribution in [0, 0.1) is 0 Å². The summed E-state index contributed by atoms with van der Waals surface area (Å²) in [6.07, 6.45) is 59.5. The van der Waals surface area contributed by atoms with Gasteiger partial charge in [0.15, 0.2) is 12.4 Å². The standard InChI is InChI=1S/C58H101NO8/c1-6-8-10-12-14-16-18-20-21-22-23-24-25-26-27-28-29-30-31-32-33-34-35-37-39-41-43-45-47-49-56(61)67-54(53-66-58(57(62)63)64-51-50-59(3,4)5)52-65-55(60)48-46-44-42-40-38-36-19-17-15-13-11-9-7-2/h8,10,14,16-17,19-21,23-24,26-27,54,58H,6-7,9,11-13,15,18,22,25,28-53H2,1-5H3/b10-8-,16-14-,19-17-,21-20-,24-23-,27-26-. The number of rotatable bonds is 49. The number of hydrogen-bond acceptors (Lipinski definition) is 8. The van der Waals surface area contributed by atoms with E-state index < -0.39 is 24.3 Å². The van der Waals surface area contributed by atoms with Crippen LogP contribution in [0.4, 0.5) is 0 Å². The van der Waals surface area contributed by atoms with Crippen LogP contribution in [0.5, 0.6) is 0 Å². The molecule has 0 aliphatic carbocycles. The predicted octanol–water partition coefficient (Wildman–Crippen LogP) is 14.1. The highest BCUT2D eigenvalue weighted by Crippen LogP contribution is 2.15. The van der Waals surface area contributed by atoms with Crippen LogP contribution in [-0.2, 0) is 33.3 Å². The molecule has 0 aromatic carbocycles. The highest BCUT2D eigenvalue weighted by atomic mass is 16.7. The SMILES string of the molecule is CC/C=C\C/C=C\C/C=C\C/C=C\C/C=C\CCCCCCCCCCCCCCCC(=O)OC(COC(=O)CCCCCCC/C=C\CCCCCC)COC(OCC[N+](C)(C)C)C(=O)[O-]. The zero-order valence-electron chi connectivity index (χ0n) is 43.8. The molecule has 0 radical (unpaired) electrons. The summed E-state index contributed by atoms with van der Waals surface area (Å²) in [6, 6.07) is 0. The van der Waals surface area contributed by atoms with Crippen LogP contribution in [0.15, 0.2) is 72.9 Å². The van der Waals surface area contributed by atoms with Crippen LogP contribution in [0.3, 0.4) is 0 Å². The molecule has 9 heteroatoms. The van der Waals surface area contributed by atoms with Crippen molar-refractivity contribution in [3.63, 3.8) is 0 Å². The highest BCUT2D eigenvalue weighted by molar-refractivity contribution is 5.70. The molecule has 0 aromatic rings. The first kappa shape index (κ1) is 63.7. The second-order valence-electron chi connectivity index (χ2n) is 19.1. The minimum Gasteiger partial charge on any atom is -0.545 e. The number of aliphatic carboxylic acids is 1. The third-order valence-corrected chi connectivity index (χ3v) is 11.4. The van der Waals surface area contributed by atoms with E-state index in [1.165, 1.54) is 96.3 Å². The molecule has 0 amide bonds. The van der Waals surface area contributed by atoms with E-state index in [2.05, 4.69) is 86.8 Å². The van der Waals surface area contributed by atoms with Gasteiger partial charge in [-0.3, -0.25) is 9.59 Å². The fourth-order valence-electron chi connectivity index (χ4n) is 7.26. The molecule has 386 valence electrons. The van der Waals surface area contributed by atoms with Gasteiger partial charge in [-0.25, -0.2) is 0 Å². The number of carboxylic acids is 1. The first-order valence-electron chi connectivity index (χ1n) is 27.1. The van der Waals surface area contributed by atoms with Gasteiger partial charge >= 0.3 is 11.9 Å². The second-order valence-corrected chi connectivity index (χ2v) is 19.1. The first-order chi connectivity index (χ1) is 32.6. The molecule has 0 N–H and O–H groups in total. The van der Waals surface area contributed by atoms with Crippen molar-refractivity contribution in [3.05, 3.63) is 72.9 Å². The lowest BCUT2D eigenvalue weighted by Crippen LogP contribution is -2.44. The summed E-state index contributed by atoms with van der Waals surface area (Å²) in [6.45, 7) is 4.60. The molecule has 0 aromatic heterocycles. The summed E-state index contributed by atoms with van der Waals surface area (Å²) >= 11 is 0. The summed E-state index contributed by atoms with van der Waals surface area (Å²) in [4.78, 5) is 37.1. The van der Waals surface area contributed by atoms with E-state index in [4.69, 9.17) is 18.9 Å². The third-order valence-electron chi connectivity index (χ3n) is 11.4. The Morgan fingerprint density at radius 3 is 1.28 bits per heavy atom. The number of carboxylic acid groups (broad SMARTS) is 1. The molecule has 2 unspecified atom stereocenters. The smallest absolute Gasteiger partial charge is 0.306 e. The molecule has 0 saturated carbocycles. The summed E-state index contributed by atoms with van der Waals surface area (Å²) in [5.41, 5.74) is 0. The third kappa shape index (κ3) is 50.4. The lowest BCUT2D eigenvalue weighted by atomic mass is 10.0. The van der Waals surface area contributed by atoms with Gasteiger partial charge in [-0.2, -0.15) is 0 Å². The van der Waals surface area contributed by atoms with Gasteiger partial charge in [-0.15, -0.1) is 0 Å². The van der Waals surface area contributed by atoms with Crippen LogP contribution in [-0.4, -0.2) is 82.3 Å². The summed E-state index contributed by atoms with van der Waals surface area (Å²) in [7, 11) is 5.91. The molecule has 0 bridgehead atoms. The monoisotopic (exact) mass is 940 g/mol. The predicted molar refractivity (Wildman–Crippen MR) is 278 cm³/mol. The molecule has 0 spiro atoms. The molecule has 0 aliphatic rings. The van der Waals surface area contributed by atoms with Gasteiger partial charge in [0.25, 0.3) is 0 Å². The Balaban J connectivity index is 4.21. The zero-order chi connectivity index (χ0) is 49.2. The number of ether oxygens (including phenoxy) is 4. The van der Waals surface area contributed by atoms with Crippen LogP contribution in [0.25, 0.3) is 0 Å². The van der Waals surface area contributed by atoms with Crippen molar-refractivity contribution in [2.45, 2.75) is 232 Å². The van der Waals surface area contributed by atoms with E-state index in [1.807, 2.05) is 21.1 Å². The average molecular weight is 940 g/mol. The van der Waals surface area contributed by atoms with E-state index in [-0.39, 0.29) is 38.6 Å². The lowest BCUT2D eigenvalue weighted by Gasteiger charge is -2.26. The van der Waals surface area contributed by atoms with Gasteiger partial charge in [-0.05, 0) is 83.5 Å². The maximum Gasteiger partial charge on any atom is 0.306 e. The molecule has 0 heterocycles. The number of allylic oxidation sites excluding steroid dienone is 12. The van der Waals surface area contributed by atoms with Gasteiger partial charge in [0, 0.05) is 12.8 Å². The molecule has 0 fully saturated rings. The number of esters is 2. The number of carbonyl (C=O) groups excluding carboxylic acids is 3. The Hall–Kier alpha value is -3.27. The van der Waals surface area contributed by atoms with Gasteiger partial charge in [0.2, 0.25) is 0 Å². The summed E-state index contributed by atoms with van der Waals surface area (Å²) in [5.74, 6) is -2.30. The summed E-state index contributed by atoms with van der Waals surface area (Å²) in [5, 5.41) is 11.7. The Labute approximate surface area is 411 Å². The Morgan fingerprint density at radius 2 is 0.851 bits per heavy atom. The van der Waals surface area contributed by atoms with Gasteiger partial charge < -0.3 is 33.3 Å². The van der Waals surface area contributed by atoms with Crippen molar-refractivity contribution in [1.82, 2.24) is 0 Å². The van der Waals surface area contributed by atoms with E-state index in [9.17, 15) is 19.5 Å². The minimum absolute atomic E-state index is 0.144. The Morgan fingerprint density at radius 1 is 0.463 bits per heavy atom. The molecular formula is C58H101NO8. The van der Waals surface area contributed by atoms with Crippen LogP contribution in [0.2, 0.25) is 0 Å². The van der Waals surface area contributed by atoms with Crippen molar-refractivity contribution in [2.75, 3.05) is 47.5 Å². The highest BCUT2D eigenvalue weighted by Gasteiger charge is 2.22. The van der Waals surface area contributed by atoms with Crippen molar-refractivity contribution in [3.8, 4) is 0 Å². The maximum absolute atomic E-state index is 12.8.